The number of benzene rings is 3. The Morgan fingerprint density at radius 2 is 1.34 bits per heavy atom. The summed E-state index contributed by atoms with van der Waals surface area (Å²) in [5, 5.41) is 31.0. The lowest BCUT2D eigenvalue weighted by molar-refractivity contribution is -0.242. The molecule has 4 rings (SSSR count). The summed E-state index contributed by atoms with van der Waals surface area (Å²) in [6.07, 6.45) is -0.0409. The molecule has 0 saturated carbocycles. The number of aliphatic hydroxyl groups excluding tert-OH is 1. The van der Waals surface area contributed by atoms with Gasteiger partial charge in [-0.1, -0.05) is 91.0 Å². The number of aliphatic hydroxyl groups is 1. The van der Waals surface area contributed by atoms with Crippen LogP contribution >= 0.6 is 0 Å². The van der Waals surface area contributed by atoms with Crippen LogP contribution in [0.25, 0.3) is 0 Å². The van der Waals surface area contributed by atoms with E-state index >= 15 is 0 Å². The lowest BCUT2D eigenvalue weighted by atomic mass is 9.77. The first kappa shape index (κ1) is 21.1. The van der Waals surface area contributed by atoms with Crippen molar-refractivity contribution < 1.29 is 15.0 Å². The number of rotatable bonds is 8. The Balaban J connectivity index is 2.00. The summed E-state index contributed by atoms with van der Waals surface area (Å²) in [6, 6.07) is 29.7. The largest absolute Gasteiger partial charge is 0.530 e. The van der Waals surface area contributed by atoms with E-state index in [1.165, 1.54) is 10.9 Å². The van der Waals surface area contributed by atoms with Gasteiger partial charge in [0.1, 0.15) is 23.1 Å². The van der Waals surface area contributed by atoms with Gasteiger partial charge in [-0.05, 0) is 16.7 Å². The first-order valence-corrected chi connectivity index (χ1v) is 10.2. The van der Waals surface area contributed by atoms with E-state index < -0.39 is 11.6 Å². The maximum atomic E-state index is 11.3. The highest BCUT2D eigenvalue weighted by Crippen LogP contribution is 2.41. The van der Waals surface area contributed by atoms with Crippen LogP contribution in [-0.4, -0.2) is 27.6 Å². The number of aromatic nitrogens is 2. The molecule has 0 spiro atoms. The minimum Gasteiger partial charge on any atom is -0.530 e. The van der Waals surface area contributed by atoms with Gasteiger partial charge in [-0.2, -0.15) is 5.10 Å². The summed E-state index contributed by atoms with van der Waals surface area (Å²) >= 11 is 0. The Bertz CT molecular complexity index is 1070. The van der Waals surface area contributed by atoms with Crippen molar-refractivity contribution in [2.75, 3.05) is 17.2 Å². The third kappa shape index (κ3) is 4.06. The number of amides is 1. The molecule has 0 bridgehead atoms. The predicted octanol–water partition coefficient (Wildman–Crippen LogP) is 3.03. The number of carbonyl (C=O) groups is 1. The molecule has 0 radical (unpaired) electrons. The molecule has 7 nitrogen and oxygen atoms in total. The molecule has 0 aliphatic rings. The molecule has 0 aliphatic heterocycles. The van der Waals surface area contributed by atoms with E-state index in [0.717, 1.165) is 16.7 Å². The van der Waals surface area contributed by atoms with Crippen LogP contribution in [0.5, 0.6) is 0 Å². The standard InChI is InChI=1S/C25H24N4O3/c30-17-16-29-23(22(18-26-29)27-24(31)32)28-25(19-10-4-1-5-11-19,20-12-6-2-7-13-20)21-14-8-3-9-15-21/h1-15,18,27-28,30H,16-17H2,(H,31,32)/p-1. The first-order valence-electron chi connectivity index (χ1n) is 10.2. The third-order valence-corrected chi connectivity index (χ3v) is 5.31. The van der Waals surface area contributed by atoms with Crippen molar-refractivity contribution in [3.63, 3.8) is 0 Å². The number of hydrogen-bond donors (Lipinski definition) is 3. The van der Waals surface area contributed by atoms with E-state index in [9.17, 15) is 15.0 Å². The van der Waals surface area contributed by atoms with E-state index in [0.29, 0.717) is 5.82 Å². The summed E-state index contributed by atoms with van der Waals surface area (Å²) in [7, 11) is 0. The minimum absolute atomic E-state index is 0.157. The molecule has 0 saturated heterocycles. The fourth-order valence-electron chi connectivity index (χ4n) is 3.94. The first-order chi connectivity index (χ1) is 15.6. The maximum Gasteiger partial charge on any atom is 0.149 e. The molecule has 1 aromatic heterocycles. The zero-order chi connectivity index (χ0) is 22.4. The zero-order valence-corrected chi connectivity index (χ0v) is 17.3. The van der Waals surface area contributed by atoms with Crippen molar-refractivity contribution >= 4 is 17.6 Å². The maximum absolute atomic E-state index is 11.3. The summed E-state index contributed by atoms with van der Waals surface area (Å²) < 4.78 is 1.54. The van der Waals surface area contributed by atoms with Crippen LogP contribution in [0.1, 0.15) is 16.7 Å². The van der Waals surface area contributed by atoms with E-state index in [2.05, 4.69) is 15.7 Å². The summed E-state index contributed by atoms with van der Waals surface area (Å²) in [6.45, 7) is 0.0294. The van der Waals surface area contributed by atoms with Gasteiger partial charge in [0.25, 0.3) is 0 Å². The molecule has 1 amide bonds. The van der Waals surface area contributed by atoms with Crippen LogP contribution in [0.3, 0.4) is 0 Å². The lowest BCUT2D eigenvalue weighted by Crippen LogP contribution is -2.39. The van der Waals surface area contributed by atoms with Gasteiger partial charge in [0.2, 0.25) is 0 Å². The van der Waals surface area contributed by atoms with Crippen LogP contribution in [0, 0.1) is 0 Å². The molecule has 1 heterocycles. The van der Waals surface area contributed by atoms with Crippen molar-refractivity contribution in [1.29, 1.82) is 0 Å². The van der Waals surface area contributed by atoms with Crippen molar-refractivity contribution in [1.82, 2.24) is 9.78 Å². The van der Waals surface area contributed by atoms with Gasteiger partial charge in [0, 0.05) is 0 Å². The van der Waals surface area contributed by atoms with Gasteiger partial charge >= 0.3 is 0 Å². The molecule has 4 aromatic rings. The zero-order valence-electron chi connectivity index (χ0n) is 17.3. The van der Waals surface area contributed by atoms with E-state index in [4.69, 9.17) is 0 Å². The number of nitrogens with zero attached hydrogens (tertiary/aromatic N) is 2. The number of hydrogen-bond acceptors (Lipinski definition) is 5. The average molecular weight is 427 g/mol. The summed E-state index contributed by atoms with van der Waals surface area (Å²) in [5.74, 6) is 0.416. The number of carboxylic acid groups (broad SMARTS) is 1. The molecule has 162 valence electrons. The molecule has 3 aromatic carbocycles. The Labute approximate surface area is 186 Å². The fraction of sp³-hybridized carbons (Fsp3) is 0.120. The second-order valence-electron chi connectivity index (χ2n) is 7.24. The summed E-state index contributed by atoms with van der Waals surface area (Å²) in [4.78, 5) is 11.3. The highest BCUT2D eigenvalue weighted by atomic mass is 16.4. The lowest BCUT2D eigenvalue weighted by Gasteiger charge is -2.38. The second kappa shape index (κ2) is 9.36. The van der Waals surface area contributed by atoms with E-state index in [-0.39, 0.29) is 18.8 Å². The average Bonchev–Trinajstić information content (AvgIpc) is 3.19. The normalized spacial score (nSPS) is 11.2. The van der Waals surface area contributed by atoms with Gasteiger partial charge in [-0.25, -0.2) is 4.68 Å². The van der Waals surface area contributed by atoms with Gasteiger partial charge in [0.05, 0.1) is 19.3 Å². The topological polar surface area (TPSA) is 102 Å². The van der Waals surface area contributed by atoms with Gasteiger partial charge < -0.3 is 25.6 Å². The molecular weight excluding hydrogens is 404 g/mol. The third-order valence-electron chi connectivity index (χ3n) is 5.31. The van der Waals surface area contributed by atoms with Crippen LogP contribution in [0.15, 0.2) is 97.2 Å². The monoisotopic (exact) mass is 427 g/mol. The Morgan fingerprint density at radius 3 is 1.75 bits per heavy atom. The minimum atomic E-state index is -1.44. The van der Waals surface area contributed by atoms with Crippen molar-refractivity contribution in [3.8, 4) is 0 Å². The molecule has 0 fully saturated rings. The second-order valence-corrected chi connectivity index (χ2v) is 7.24. The SMILES string of the molecule is O=C([O-])Nc1cnn(CCO)c1NC(c1ccccc1)(c1ccccc1)c1ccccc1. The van der Waals surface area contributed by atoms with E-state index in [1.807, 2.05) is 91.0 Å². The van der Waals surface area contributed by atoms with Crippen LogP contribution in [-0.2, 0) is 12.1 Å². The quantitative estimate of drug-likeness (QED) is 0.375. The highest BCUT2D eigenvalue weighted by molar-refractivity contribution is 5.86. The molecule has 0 aliphatic carbocycles. The number of carbonyl (C=O) groups excluding carboxylic acids is 1. The number of anilines is 2. The Hall–Kier alpha value is -4.10. The van der Waals surface area contributed by atoms with Crippen LogP contribution in [0.4, 0.5) is 16.3 Å². The fourth-order valence-corrected chi connectivity index (χ4v) is 3.94. The highest BCUT2D eigenvalue weighted by Gasteiger charge is 2.37. The molecule has 3 N–H and O–H groups in total. The Kier molecular flexibility index (Phi) is 6.19. The van der Waals surface area contributed by atoms with Crippen molar-refractivity contribution in [2.24, 2.45) is 0 Å². The van der Waals surface area contributed by atoms with Crippen molar-refractivity contribution in [3.05, 3.63) is 114 Å². The smallest absolute Gasteiger partial charge is 0.149 e. The van der Waals surface area contributed by atoms with Crippen LogP contribution in [0.2, 0.25) is 0 Å². The van der Waals surface area contributed by atoms with Gasteiger partial charge in [-0.3, -0.25) is 0 Å². The molecule has 32 heavy (non-hydrogen) atoms. The number of nitrogens with one attached hydrogen (secondary N) is 2. The molecule has 7 heteroatoms. The van der Waals surface area contributed by atoms with Crippen molar-refractivity contribution in [2.45, 2.75) is 12.1 Å². The summed E-state index contributed by atoms with van der Waals surface area (Å²) in [5.41, 5.74) is 2.22. The molecular formula is C25H23N4O3-. The van der Waals surface area contributed by atoms with Gasteiger partial charge in [-0.15, -0.1) is 0 Å². The predicted molar refractivity (Wildman–Crippen MR) is 121 cm³/mol. The Morgan fingerprint density at radius 1 is 0.875 bits per heavy atom. The van der Waals surface area contributed by atoms with E-state index in [1.54, 1.807) is 0 Å². The molecule has 0 unspecified atom stereocenters. The van der Waals surface area contributed by atoms with Gasteiger partial charge in [0.15, 0.2) is 0 Å². The molecule has 0 atom stereocenters. The van der Waals surface area contributed by atoms with Crippen LogP contribution < -0.4 is 15.7 Å².